The molecule has 1 aromatic rings. The second kappa shape index (κ2) is 5.88. The molecule has 19 heavy (non-hydrogen) atoms. The van der Waals surface area contributed by atoms with E-state index in [0.717, 1.165) is 31.7 Å². The maximum Gasteiger partial charge on any atom is 0.271 e. The minimum atomic E-state index is -0.440. The molecule has 2 rings (SSSR count). The van der Waals surface area contributed by atoms with Crippen molar-refractivity contribution in [2.24, 2.45) is 0 Å². The molecule has 1 aliphatic heterocycles. The van der Waals surface area contributed by atoms with Crippen molar-refractivity contribution in [3.63, 3.8) is 0 Å². The quantitative estimate of drug-likeness (QED) is 0.512. The normalized spacial score (nSPS) is 19.1. The first-order valence-corrected chi connectivity index (χ1v) is 6.44. The summed E-state index contributed by atoms with van der Waals surface area (Å²) in [7, 11) is 1.93. The van der Waals surface area contributed by atoms with Gasteiger partial charge in [-0.15, -0.1) is 0 Å². The number of hydrogen-bond acceptors (Lipinski definition) is 5. The van der Waals surface area contributed by atoms with Crippen molar-refractivity contribution in [1.82, 2.24) is 0 Å². The molecule has 6 nitrogen and oxygen atoms in total. The molecule has 0 spiro atoms. The largest absolute Gasteiger partial charge is 0.397 e. The van der Waals surface area contributed by atoms with Crippen LogP contribution in [0.2, 0.25) is 0 Å². The molecule has 6 heteroatoms. The maximum atomic E-state index is 10.7. The van der Waals surface area contributed by atoms with Crippen LogP contribution in [0, 0.1) is 10.1 Å². The Morgan fingerprint density at radius 3 is 2.89 bits per heavy atom. The maximum absolute atomic E-state index is 10.7. The van der Waals surface area contributed by atoms with Gasteiger partial charge in [-0.05, 0) is 25.3 Å². The zero-order valence-electron chi connectivity index (χ0n) is 11.0. The number of likely N-dealkylation sites (N-methyl/N-ethyl adjacent to an activating group) is 1. The first-order chi connectivity index (χ1) is 9.08. The molecule has 0 amide bonds. The Hall–Kier alpha value is -1.82. The number of nitro benzene ring substituents is 1. The van der Waals surface area contributed by atoms with Crippen molar-refractivity contribution >= 4 is 17.1 Å². The average molecular weight is 265 g/mol. The molecule has 2 N–H and O–H groups in total. The second-order valence-electron chi connectivity index (χ2n) is 4.87. The van der Waals surface area contributed by atoms with E-state index in [9.17, 15) is 10.1 Å². The van der Waals surface area contributed by atoms with Crippen LogP contribution in [0.3, 0.4) is 0 Å². The van der Waals surface area contributed by atoms with E-state index in [4.69, 9.17) is 10.5 Å². The summed E-state index contributed by atoms with van der Waals surface area (Å²) >= 11 is 0. The second-order valence-corrected chi connectivity index (χ2v) is 4.87. The number of hydrogen-bond donors (Lipinski definition) is 1. The molecule has 1 fully saturated rings. The molecular formula is C13H19N3O3. The topological polar surface area (TPSA) is 81.6 Å². The van der Waals surface area contributed by atoms with Crippen LogP contribution < -0.4 is 10.6 Å². The van der Waals surface area contributed by atoms with Crippen LogP contribution in [0.15, 0.2) is 18.2 Å². The lowest BCUT2D eigenvalue weighted by Crippen LogP contribution is -2.33. The van der Waals surface area contributed by atoms with Gasteiger partial charge >= 0.3 is 0 Å². The SMILES string of the molecule is CN(CC1CCCCO1)c1ccc([N+](=O)[O-])cc1N. The predicted octanol–water partition coefficient (Wildman–Crippen LogP) is 2.18. The highest BCUT2D eigenvalue weighted by Crippen LogP contribution is 2.27. The number of benzene rings is 1. The number of ether oxygens (including phenoxy) is 1. The Kier molecular flexibility index (Phi) is 4.21. The lowest BCUT2D eigenvalue weighted by atomic mass is 10.1. The smallest absolute Gasteiger partial charge is 0.271 e. The lowest BCUT2D eigenvalue weighted by Gasteiger charge is -2.29. The van der Waals surface area contributed by atoms with E-state index in [2.05, 4.69) is 0 Å². The number of non-ortho nitro benzene ring substituents is 1. The summed E-state index contributed by atoms with van der Waals surface area (Å²) < 4.78 is 5.68. The highest BCUT2D eigenvalue weighted by Gasteiger charge is 2.18. The van der Waals surface area contributed by atoms with E-state index in [1.807, 2.05) is 11.9 Å². The van der Waals surface area contributed by atoms with E-state index in [-0.39, 0.29) is 11.8 Å². The highest BCUT2D eigenvalue weighted by atomic mass is 16.6. The summed E-state index contributed by atoms with van der Waals surface area (Å²) in [5.74, 6) is 0. The van der Waals surface area contributed by atoms with E-state index in [1.54, 1.807) is 6.07 Å². The molecule has 0 aromatic heterocycles. The van der Waals surface area contributed by atoms with Crippen LogP contribution in [0.4, 0.5) is 17.1 Å². The molecule has 1 aliphatic rings. The van der Waals surface area contributed by atoms with Crippen LogP contribution in [0.1, 0.15) is 19.3 Å². The number of rotatable bonds is 4. The highest BCUT2D eigenvalue weighted by molar-refractivity contribution is 5.70. The third kappa shape index (κ3) is 3.35. The van der Waals surface area contributed by atoms with Gasteiger partial charge in [-0.2, -0.15) is 0 Å². The average Bonchev–Trinajstić information content (AvgIpc) is 2.39. The van der Waals surface area contributed by atoms with Gasteiger partial charge in [0, 0.05) is 32.3 Å². The van der Waals surface area contributed by atoms with Gasteiger partial charge < -0.3 is 15.4 Å². The Balaban J connectivity index is 2.05. The summed E-state index contributed by atoms with van der Waals surface area (Å²) in [5, 5.41) is 10.7. The molecular weight excluding hydrogens is 246 g/mol. The van der Waals surface area contributed by atoms with Crippen LogP contribution >= 0.6 is 0 Å². The monoisotopic (exact) mass is 265 g/mol. The fraction of sp³-hybridized carbons (Fsp3) is 0.538. The predicted molar refractivity (Wildman–Crippen MR) is 74.4 cm³/mol. The van der Waals surface area contributed by atoms with Crippen molar-refractivity contribution < 1.29 is 9.66 Å². The fourth-order valence-corrected chi connectivity index (χ4v) is 2.36. The molecule has 0 saturated carbocycles. The Morgan fingerprint density at radius 2 is 2.32 bits per heavy atom. The zero-order chi connectivity index (χ0) is 13.8. The number of anilines is 2. The Morgan fingerprint density at radius 1 is 1.53 bits per heavy atom. The van der Waals surface area contributed by atoms with Crippen molar-refractivity contribution in [3.05, 3.63) is 28.3 Å². The first-order valence-electron chi connectivity index (χ1n) is 6.44. The number of nitrogens with zero attached hydrogens (tertiary/aromatic N) is 2. The van der Waals surface area contributed by atoms with E-state index >= 15 is 0 Å². The van der Waals surface area contributed by atoms with Crippen molar-refractivity contribution in [2.75, 3.05) is 30.8 Å². The van der Waals surface area contributed by atoms with E-state index in [1.165, 1.54) is 18.6 Å². The lowest BCUT2D eigenvalue weighted by molar-refractivity contribution is -0.384. The number of nitrogens with two attached hydrogens (primary N) is 1. The molecule has 1 aromatic carbocycles. The molecule has 0 bridgehead atoms. The molecule has 0 aliphatic carbocycles. The third-order valence-corrected chi connectivity index (χ3v) is 3.38. The summed E-state index contributed by atoms with van der Waals surface area (Å²) in [5.41, 5.74) is 7.12. The van der Waals surface area contributed by atoms with Gasteiger partial charge in [-0.1, -0.05) is 0 Å². The van der Waals surface area contributed by atoms with Crippen LogP contribution in [0.5, 0.6) is 0 Å². The van der Waals surface area contributed by atoms with Gasteiger partial charge in [0.05, 0.1) is 22.4 Å². The number of nitro groups is 1. The van der Waals surface area contributed by atoms with Crippen molar-refractivity contribution in [2.45, 2.75) is 25.4 Å². The molecule has 1 atom stereocenters. The van der Waals surface area contributed by atoms with Crippen LogP contribution in [-0.4, -0.2) is 31.2 Å². The molecule has 104 valence electrons. The van der Waals surface area contributed by atoms with Gasteiger partial charge in [-0.3, -0.25) is 10.1 Å². The van der Waals surface area contributed by atoms with Crippen LogP contribution in [0.25, 0.3) is 0 Å². The van der Waals surface area contributed by atoms with E-state index < -0.39 is 4.92 Å². The first kappa shape index (κ1) is 13.6. The fourth-order valence-electron chi connectivity index (χ4n) is 2.36. The standard InChI is InChI=1S/C13H19N3O3/c1-15(9-11-4-2-3-7-19-11)13-6-5-10(16(17)18)8-12(13)14/h5-6,8,11H,2-4,7,9,14H2,1H3. The summed E-state index contributed by atoms with van der Waals surface area (Å²) in [6.45, 7) is 1.57. The van der Waals surface area contributed by atoms with Gasteiger partial charge in [0.2, 0.25) is 0 Å². The zero-order valence-corrected chi connectivity index (χ0v) is 11.0. The van der Waals surface area contributed by atoms with Gasteiger partial charge in [0.1, 0.15) is 0 Å². The molecule has 1 saturated heterocycles. The molecule has 1 heterocycles. The molecule has 0 radical (unpaired) electrons. The molecule has 1 unspecified atom stereocenters. The Bertz CT molecular complexity index is 458. The summed E-state index contributed by atoms with van der Waals surface area (Å²) in [6, 6.07) is 4.56. The van der Waals surface area contributed by atoms with Crippen molar-refractivity contribution in [3.8, 4) is 0 Å². The summed E-state index contributed by atoms with van der Waals surface area (Å²) in [6.07, 6.45) is 3.58. The number of nitrogen functional groups attached to an aromatic ring is 1. The third-order valence-electron chi connectivity index (χ3n) is 3.38. The van der Waals surface area contributed by atoms with E-state index in [0.29, 0.717) is 5.69 Å². The van der Waals surface area contributed by atoms with Gasteiger partial charge in [0.15, 0.2) is 0 Å². The van der Waals surface area contributed by atoms with Crippen molar-refractivity contribution in [1.29, 1.82) is 0 Å². The minimum Gasteiger partial charge on any atom is -0.397 e. The minimum absolute atomic E-state index is 0.0172. The van der Waals surface area contributed by atoms with Gasteiger partial charge in [-0.25, -0.2) is 0 Å². The Labute approximate surface area is 112 Å². The van der Waals surface area contributed by atoms with Crippen LogP contribution in [-0.2, 0) is 4.74 Å². The summed E-state index contributed by atoms with van der Waals surface area (Å²) in [4.78, 5) is 12.2. The van der Waals surface area contributed by atoms with Gasteiger partial charge in [0.25, 0.3) is 5.69 Å².